The standard InChI is InChI=1S/C15H14FNO/c1-10(11-6-8-12(16)9-7-11)13-4-2-3-5-14(13)15(17)18/h2-10H,1H3,(H2,17,18). The summed E-state index contributed by atoms with van der Waals surface area (Å²) in [4.78, 5) is 11.4. The average molecular weight is 243 g/mol. The maximum Gasteiger partial charge on any atom is 0.248 e. The van der Waals surface area contributed by atoms with Gasteiger partial charge in [-0.05, 0) is 29.3 Å². The molecule has 0 saturated carbocycles. The van der Waals surface area contributed by atoms with E-state index in [2.05, 4.69) is 0 Å². The molecule has 2 rings (SSSR count). The van der Waals surface area contributed by atoms with Gasteiger partial charge in [0.25, 0.3) is 0 Å². The number of primary amides is 1. The van der Waals surface area contributed by atoms with Crippen LogP contribution in [0, 0.1) is 5.82 Å². The second-order valence-corrected chi connectivity index (χ2v) is 4.22. The van der Waals surface area contributed by atoms with E-state index in [4.69, 9.17) is 5.73 Å². The minimum Gasteiger partial charge on any atom is -0.366 e. The van der Waals surface area contributed by atoms with Crippen molar-refractivity contribution in [3.05, 3.63) is 71.0 Å². The van der Waals surface area contributed by atoms with Crippen LogP contribution in [0.25, 0.3) is 0 Å². The maximum absolute atomic E-state index is 12.9. The Kier molecular flexibility index (Phi) is 3.42. The predicted octanol–water partition coefficient (Wildman–Crippen LogP) is 3.08. The Morgan fingerprint density at radius 2 is 1.72 bits per heavy atom. The monoisotopic (exact) mass is 243 g/mol. The molecular formula is C15H14FNO. The third kappa shape index (κ3) is 2.40. The Morgan fingerprint density at radius 3 is 2.33 bits per heavy atom. The highest BCUT2D eigenvalue weighted by Crippen LogP contribution is 2.26. The highest BCUT2D eigenvalue weighted by Gasteiger charge is 2.15. The molecule has 1 amide bonds. The topological polar surface area (TPSA) is 43.1 Å². The fourth-order valence-electron chi connectivity index (χ4n) is 2.03. The van der Waals surface area contributed by atoms with E-state index >= 15 is 0 Å². The Balaban J connectivity index is 2.42. The zero-order valence-electron chi connectivity index (χ0n) is 10.1. The van der Waals surface area contributed by atoms with E-state index in [9.17, 15) is 9.18 Å². The van der Waals surface area contributed by atoms with E-state index in [1.165, 1.54) is 12.1 Å². The maximum atomic E-state index is 12.9. The van der Waals surface area contributed by atoms with Crippen LogP contribution in [0.5, 0.6) is 0 Å². The lowest BCUT2D eigenvalue weighted by Gasteiger charge is -2.15. The molecule has 2 aromatic carbocycles. The normalized spacial score (nSPS) is 12.1. The Labute approximate surface area is 105 Å². The number of hydrogen-bond donors (Lipinski definition) is 1. The molecule has 0 aromatic heterocycles. The molecule has 0 radical (unpaired) electrons. The zero-order valence-corrected chi connectivity index (χ0v) is 10.1. The van der Waals surface area contributed by atoms with Gasteiger partial charge < -0.3 is 5.73 Å². The summed E-state index contributed by atoms with van der Waals surface area (Å²) in [5, 5.41) is 0. The second-order valence-electron chi connectivity index (χ2n) is 4.22. The van der Waals surface area contributed by atoms with Gasteiger partial charge in [-0.1, -0.05) is 37.3 Å². The summed E-state index contributed by atoms with van der Waals surface area (Å²) in [7, 11) is 0. The molecule has 18 heavy (non-hydrogen) atoms. The van der Waals surface area contributed by atoms with Crippen molar-refractivity contribution in [2.45, 2.75) is 12.8 Å². The van der Waals surface area contributed by atoms with Crippen molar-refractivity contribution < 1.29 is 9.18 Å². The number of nitrogens with two attached hydrogens (primary N) is 1. The van der Waals surface area contributed by atoms with Gasteiger partial charge in [-0.3, -0.25) is 4.79 Å². The van der Waals surface area contributed by atoms with E-state index in [1.54, 1.807) is 24.3 Å². The first-order valence-electron chi connectivity index (χ1n) is 5.74. The average Bonchev–Trinajstić information content (AvgIpc) is 2.39. The number of halogens is 1. The van der Waals surface area contributed by atoms with E-state index < -0.39 is 5.91 Å². The highest BCUT2D eigenvalue weighted by atomic mass is 19.1. The molecule has 0 bridgehead atoms. The summed E-state index contributed by atoms with van der Waals surface area (Å²) >= 11 is 0. The molecule has 0 spiro atoms. The summed E-state index contributed by atoms with van der Waals surface area (Å²) < 4.78 is 12.9. The summed E-state index contributed by atoms with van der Waals surface area (Å²) in [5.74, 6) is -0.719. The first-order chi connectivity index (χ1) is 8.59. The fourth-order valence-corrected chi connectivity index (χ4v) is 2.03. The van der Waals surface area contributed by atoms with Crippen molar-refractivity contribution in [2.75, 3.05) is 0 Å². The third-order valence-corrected chi connectivity index (χ3v) is 3.06. The molecule has 3 heteroatoms. The molecule has 1 unspecified atom stereocenters. The highest BCUT2D eigenvalue weighted by molar-refractivity contribution is 5.94. The van der Waals surface area contributed by atoms with Crippen molar-refractivity contribution in [2.24, 2.45) is 5.73 Å². The van der Waals surface area contributed by atoms with Gasteiger partial charge in [0.1, 0.15) is 5.82 Å². The second kappa shape index (κ2) is 5.00. The van der Waals surface area contributed by atoms with Crippen LogP contribution in [0.15, 0.2) is 48.5 Å². The Bertz CT molecular complexity index is 563. The first-order valence-corrected chi connectivity index (χ1v) is 5.74. The molecule has 0 heterocycles. The van der Waals surface area contributed by atoms with Crippen molar-refractivity contribution >= 4 is 5.91 Å². The smallest absolute Gasteiger partial charge is 0.248 e. The van der Waals surface area contributed by atoms with Gasteiger partial charge in [0.15, 0.2) is 0 Å². The van der Waals surface area contributed by atoms with Crippen LogP contribution in [0.3, 0.4) is 0 Å². The van der Waals surface area contributed by atoms with E-state index in [0.717, 1.165) is 11.1 Å². The van der Waals surface area contributed by atoms with Crippen LogP contribution >= 0.6 is 0 Å². The summed E-state index contributed by atoms with van der Waals surface area (Å²) in [5.41, 5.74) is 7.67. The molecule has 2 aromatic rings. The van der Waals surface area contributed by atoms with E-state index in [0.29, 0.717) is 5.56 Å². The fraction of sp³-hybridized carbons (Fsp3) is 0.133. The Morgan fingerprint density at radius 1 is 1.11 bits per heavy atom. The van der Waals surface area contributed by atoms with Gasteiger partial charge >= 0.3 is 0 Å². The molecule has 0 aliphatic rings. The summed E-state index contributed by atoms with van der Waals surface area (Å²) in [6, 6.07) is 13.5. The number of rotatable bonds is 3. The number of carbonyl (C=O) groups excluding carboxylic acids is 1. The van der Waals surface area contributed by atoms with Gasteiger partial charge in [-0.2, -0.15) is 0 Å². The predicted molar refractivity (Wildman–Crippen MR) is 68.9 cm³/mol. The largest absolute Gasteiger partial charge is 0.366 e. The first kappa shape index (κ1) is 12.3. The van der Waals surface area contributed by atoms with Gasteiger partial charge in [-0.25, -0.2) is 4.39 Å². The van der Waals surface area contributed by atoms with Crippen LogP contribution in [0.1, 0.15) is 34.3 Å². The van der Waals surface area contributed by atoms with Crippen LogP contribution in [0.4, 0.5) is 4.39 Å². The molecule has 92 valence electrons. The van der Waals surface area contributed by atoms with Gasteiger partial charge in [0.2, 0.25) is 5.91 Å². The molecule has 2 N–H and O–H groups in total. The molecule has 2 nitrogen and oxygen atoms in total. The molecule has 1 atom stereocenters. The van der Waals surface area contributed by atoms with Crippen LogP contribution in [-0.4, -0.2) is 5.91 Å². The van der Waals surface area contributed by atoms with Crippen molar-refractivity contribution in [1.82, 2.24) is 0 Å². The van der Waals surface area contributed by atoms with E-state index in [1.807, 2.05) is 19.1 Å². The van der Waals surface area contributed by atoms with Gasteiger partial charge in [-0.15, -0.1) is 0 Å². The molecule has 0 fully saturated rings. The van der Waals surface area contributed by atoms with Crippen molar-refractivity contribution in [3.63, 3.8) is 0 Å². The number of benzene rings is 2. The number of amides is 1. The lowest BCUT2D eigenvalue weighted by molar-refractivity contribution is 0.0999. The SMILES string of the molecule is CC(c1ccc(F)cc1)c1ccccc1C(N)=O. The minimum absolute atomic E-state index is 0.00528. The molecule has 0 aliphatic carbocycles. The number of carbonyl (C=O) groups is 1. The summed E-state index contributed by atoms with van der Waals surface area (Å²) in [6.07, 6.45) is 0. The molecular weight excluding hydrogens is 229 g/mol. The number of hydrogen-bond acceptors (Lipinski definition) is 1. The quantitative estimate of drug-likeness (QED) is 0.884. The zero-order chi connectivity index (χ0) is 13.1. The van der Waals surface area contributed by atoms with Crippen LogP contribution < -0.4 is 5.73 Å². The molecule has 0 saturated heterocycles. The third-order valence-electron chi connectivity index (χ3n) is 3.06. The van der Waals surface area contributed by atoms with E-state index in [-0.39, 0.29) is 11.7 Å². The lowest BCUT2D eigenvalue weighted by Crippen LogP contribution is -2.15. The minimum atomic E-state index is -0.445. The van der Waals surface area contributed by atoms with Gasteiger partial charge in [0, 0.05) is 11.5 Å². The summed E-state index contributed by atoms with van der Waals surface area (Å²) in [6.45, 7) is 1.97. The van der Waals surface area contributed by atoms with Crippen molar-refractivity contribution in [3.8, 4) is 0 Å². The van der Waals surface area contributed by atoms with Crippen molar-refractivity contribution in [1.29, 1.82) is 0 Å². The van der Waals surface area contributed by atoms with Gasteiger partial charge in [0.05, 0.1) is 0 Å². The van der Waals surface area contributed by atoms with Crippen LogP contribution in [0.2, 0.25) is 0 Å². The Hall–Kier alpha value is -2.16. The molecule has 0 aliphatic heterocycles. The van der Waals surface area contributed by atoms with Crippen LogP contribution in [-0.2, 0) is 0 Å². The lowest BCUT2D eigenvalue weighted by atomic mass is 9.89.